The van der Waals surface area contributed by atoms with Crippen LogP contribution in [0.4, 0.5) is 10.5 Å². The molecule has 4 rings (SSSR count). The molecule has 0 aromatic heterocycles. The number of rotatable bonds is 1. The minimum Gasteiger partial charge on any atom is -0.311 e. The van der Waals surface area contributed by atoms with E-state index in [-0.39, 0.29) is 5.91 Å². The Morgan fingerprint density at radius 1 is 0.923 bits per heavy atom. The standard InChI is InChI=1S/C20H27N3O3/c24-17-19(12-6-2-7-13-19)23(26)20(14-8-3-9-15-20)22(17)18(25)21-16-10-4-1-5-11-16/h1,4-5,10-11,26H,2-3,6-9,12-15H2,(H,21,25). The van der Waals surface area contributed by atoms with Gasteiger partial charge in [-0.1, -0.05) is 43.9 Å². The maximum Gasteiger partial charge on any atom is 0.330 e. The van der Waals surface area contributed by atoms with Crippen LogP contribution in [0.1, 0.15) is 64.2 Å². The van der Waals surface area contributed by atoms with E-state index in [1.807, 2.05) is 18.2 Å². The van der Waals surface area contributed by atoms with Crippen LogP contribution in [0.25, 0.3) is 0 Å². The number of nitrogens with one attached hydrogen (secondary N) is 1. The van der Waals surface area contributed by atoms with Gasteiger partial charge in [0.2, 0.25) is 0 Å². The second-order valence-electron chi connectivity index (χ2n) is 7.88. The molecule has 1 aromatic rings. The van der Waals surface area contributed by atoms with Crippen molar-refractivity contribution < 1.29 is 14.8 Å². The maximum atomic E-state index is 13.5. The number of carbonyl (C=O) groups is 2. The quantitative estimate of drug-likeness (QED) is 0.793. The highest BCUT2D eigenvalue weighted by Gasteiger charge is 2.66. The van der Waals surface area contributed by atoms with E-state index < -0.39 is 17.2 Å². The van der Waals surface area contributed by atoms with Crippen LogP contribution in [-0.4, -0.2) is 38.3 Å². The highest BCUT2D eigenvalue weighted by molar-refractivity contribution is 6.06. The summed E-state index contributed by atoms with van der Waals surface area (Å²) in [5.41, 5.74) is -1.17. The second kappa shape index (κ2) is 6.67. The third kappa shape index (κ3) is 2.55. The first-order valence-corrected chi connectivity index (χ1v) is 9.80. The molecule has 6 heteroatoms. The first kappa shape index (κ1) is 17.5. The van der Waals surface area contributed by atoms with Gasteiger partial charge in [-0.25, -0.2) is 9.69 Å². The lowest BCUT2D eigenvalue weighted by Gasteiger charge is -2.45. The number of anilines is 1. The Kier molecular flexibility index (Phi) is 4.49. The predicted octanol–water partition coefficient (Wildman–Crippen LogP) is 4.12. The Hall–Kier alpha value is -1.92. The number of imide groups is 1. The van der Waals surface area contributed by atoms with Gasteiger partial charge in [0, 0.05) is 5.69 Å². The molecule has 1 aliphatic heterocycles. The fraction of sp³-hybridized carbons (Fsp3) is 0.600. The average molecular weight is 357 g/mol. The predicted molar refractivity (Wildman–Crippen MR) is 97.6 cm³/mol. The summed E-state index contributed by atoms with van der Waals surface area (Å²) in [5, 5.41) is 15.4. The van der Waals surface area contributed by atoms with E-state index >= 15 is 0 Å². The van der Waals surface area contributed by atoms with Gasteiger partial charge in [0.25, 0.3) is 5.91 Å². The van der Waals surface area contributed by atoms with E-state index in [4.69, 9.17) is 0 Å². The lowest BCUT2D eigenvalue weighted by atomic mass is 9.80. The molecule has 2 N–H and O–H groups in total. The van der Waals surface area contributed by atoms with E-state index in [1.54, 1.807) is 12.1 Å². The second-order valence-corrected chi connectivity index (χ2v) is 7.88. The van der Waals surface area contributed by atoms with Crippen LogP contribution in [0.2, 0.25) is 0 Å². The van der Waals surface area contributed by atoms with Crippen LogP contribution in [-0.2, 0) is 4.79 Å². The topological polar surface area (TPSA) is 72.9 Å². The highest BCUT2D eigenvalue weighted by Crippen LogP contribution is 2.51. The minimum absolute atomic E-state index is 0.227. The zero-order valence-electron chi connectivity index (χ0n) is 15.1. The molecule has 0 atom stereocenters. The molecule has 6 nitrogen and oxygen atoms in total. The van der Waals surface area contributed by atoms with Gasteiger partial charge in [0.1, 0.15) is 11.2 Å². The van der Waals surface area contributed by atoms with E-state index in [0.717, 1.165) is 38.5 Å². The molecule has 0 radical (unpaired) electrons. The third-order valence-electron chi connectivity index (χ3n) is 6.38. The van der Waals surface area contributed by atoms with Crippen molar-refractivity contribution in [2.24, 2.45) is 0 Å². The van der Waals surface area contributed by atoms with Crippen LogP contribution in [0.15, 0.2) is 30.3 Å². The summed E-state index contributed by atoms with van der Waals surface area (Å²) >= 11 is 0. The molecule has 0 unspecified atom stereocenters. The lowest BCUT2D eigenvalue weighted by Crippen LogP contribution is -2.58. The molecule has 3 amide bonds. The zero-order chi connectivity index (χ0) is 18.2. The summed E-state index contributed by atoms with van der Waals surface area (Å²) in [6.45, 7) is 0. The number of benzene rings is 1. The number of hydrogen-bond donors (Lipinski definition) is 2. The van der Waals surface area contributed by atoms with Crippen LogP contribution in [0, 0.1) is 0 Å². The lowest BCUT2D eigenvalue weighted by molar-refractivity contribution is -0.239. The summed E-state index contributed by atoms with van der Waals surface area (Å²) in [7, 11) is 0. The number of hydrogen-bond acceptors (Lipinski definition) is 4. The molecule has 2 aliphatic carbocycles. The smallest absolute Gasteiger partial charge is 0.311 e. The number of carbonyl (C=O) groups excluding carboxylic acids is 2. The van der Waals surface area contributed by atoms with Gasteiger partial charge in [-0.05, 0) is 50.7 Å². The first-order valence-electron chi connectivity index (χ1n) is 9.80. The third-order valence-corrected chi connectivity index (χ3v) is 6.38. The van der Waals surface area contributed by atoms with Gasteiger partial charge >= 0.3 is 6.03 Å². The number of nitrogens with zero attached hydrogens (tertiary/aromatic N) is 2. The fourth-order valence-corrected chi connectivity index (χ4v) is 5.08. The van der Waals surface area contributed by atoms with Gasteiger partial charge in [-0.15, -0.1) is 0 Å². The molecule has 0 bridgehead atoms. The van der Waals surface area contributed by atoms with Crippen molar-refractivity contribution in [3.05, 3.63) is 30.3 Å². The first-order chi connectivity index (χ1) is 12.6. The SMILES string of the molecule is O=C(Nc1ccccc1)N1C(=O)C2(CCCCC2)N(O)C12CCCCC2. The summed E-state index contributed by atoms with van der Waals surface area (Å²) < 4.78 is 0. The molecule has 3 aliphatic rings. The van der Waals surface area contributed by atoms with Crippen LogP contribution < -0.4 is 5.32 Å². The van der Waals surface area contributed by atoms with Crippen LogP contribution >= 0.6 is 0 Å². The Morgan fingerprint density at radius 3 is 2.12 bits per heavy atom. The van der Waals surface area contributed by atoms with Crippen molar-refractivity contribution in [3.8, 4) is 0 Å². The minimum atomic E-state index is -0.927. The fourth-order valence-electron chi connectivity index (χ4n) is 5.08. The Morgan fingerprint density at radius 2 is 1.50 bits per heavy atom. The monoisotopic (exact) mass is 357 g/mol. The molecule has 26 heavy (non-hydrogen) atoms. The van der Waals surface area contributed by atoms with Crippen molar-refractivity contribution in [3.63, 3.8) is 0 Å². The van der Waals surface area contributed by atoms with Crippen LogP contribution in [0.5, 0.6) is 0 Å². The van der Waals surface area contributed by atoms with Gasteiger partial charge < -0.3 is 10.5 Å². The van der Waals surface area contributed by atoms with Crippen molar-refractivity contribution in [2.75, 3.05) is 5.32 Å². The molecule has 2 saturated carbocycles. The molecule has 140 valence electrons. The number of hydroxylamine groups is 2. The molecular weight excluding hydrogens is 330 g/mol. The van der Waals surface area contributed by atoms with Gasteiger partial charge in [0.05, 0.1) is 0 Å². The molecule has 2 spiro atoms. The number of urea groups is 1. The molecule has 1 aromatic carbocycles. The van der Waals surface area contributed by atoms with Gasteiger partial charge in [-0.2, -0.15) is 5.06 Å². The normalized spacial score (nSPS) is 25.0. The molecule has 1 saturated heterocycles. The number of amides is 3. The van der Waals surface area contributed by atoms with E-state index in [0.29, 0.717) is 31.4 Å². The largest absolute Gasteiger partial charge is 0.330 e. The Labute approximate surface area is 154 Å². The summed E-state index contributed by atoms with van der Waals surface area (Å²) in [6.07, 6.45) is 8.32. The maximum absolute atomic E-state index is 13.5. The molecule has 1 heterocycles. The number of para-hydroxylation sites is 1. The van der Waals surface area contributed by atoms with E-state index in [1.165, 1.54) is 9.96 Å². The summed E-state index contributed by atoms with van der Waals surface area (Å²) in [4.78, 5) is 27.9. The van der Waals surface area contributed by atoms with Crippen LogP contribution in [0.3, 0.4) is 0 Å². The summed E-state index contributed by atoms with van der Waals surface area (Å²) in [5.74, 6) is -0.227. The zero-order valence-corrected chi connectivity index (χ0v) is 15.1. The van der Waals surface area contributed by atoms with Gasteiger partial charge in [-0.3, -0.25) is 4.79 Å². The van der Waals surface area contributed by atoms with Crippen molar-refractivity contribution in [2.45, 2.75) is 75.4 Å². The van der Waals surface area contributed by atoms with Gasteiger partial charge in [0.15, 0.2) is 0 Å². The molecule has 3 fully saturated rings. The summed E-state index contributed by atoms with van der Waals surface area (Å²) in [6, 6.07) is 8.76. The average Bonchev–Trinajstić information content (AvgIpc) is 2.83. The Bertz CT molecular complexity index is 679. The Balaban J connectivity index is 1.70. The molecular formula is C20H27N3O3. The van der Waals surface area contributed by atoms with E-state index in [9.17, 15) is 14.8 Å². The van der Waals surface area contributed by atoms with Crippen molar-refractivity contribution in [1.29, 1.82) is 0 Å². The highest BCUT2D eigenvalue weighted by atomic mass is 16.5. The van der Waals surface area contributed by atoms with E-state index in [2.05, 4.69) is 5.32 Å². The van der Waals surface area contributed by atoms with Crippen molar-refractivity contribution >= 4 is 17.6 Å². The van der Waals surface area contributed by atoms with Crippen molar-refractivity contribution in [1.82, 2.24) is 9.96 Å².